The van der Waals surface area contributed by atoms with Crippen LogP contribution in [-0.4, -0.2) is 36.4 Å². The first-order valence-corrected chi connectivity index (χ1v) is 9.05. The number of H-pyrrole nitrogens is 1. The largest absolute Gasteiger partial charge is 0.493 e. The van der Waals surface area contributed by atoms with Crippen molar-refractivity contribution in [3.63, 3.8) is 0 Å². The number of halogens is 3. The predicted octanol–water partition coefficient (Wildman–Crippen LogP) is 4.31. The Bertz CT molecular complexity index is 977. The number of benzene rings is 2. The normalized spacial score (nSPS) is 10.8. The first-order valence-electron chi connectivity index (χ1n) is 8.67. The Morgan fingerprint density at radius 3 is 2.66 bits per heavy atom. The van der Waals surface area contributed by atoms with Crippen LogP contribution in [0.4, 0.5) is 8.78 Å². The van der Waals surface area contributed by atoms with Gasteiger partial charge >= 0.3 is 6.61 Å². The Hall–Kier alpha value is -3.13. The second-order valence-corrected chi connectivity index (χ2v) is 6.47. The van der Waals surface area contributed by atoms with E-state index in [9.17, 15) is 13.6 Å². The minimum Gasteiger partial charge on any atom is -0.493 e. The van der Waals surface area contributed by atoms with E-state index < -0.39 is 6.61 Å². The minimum atomic E-state index is -2.93. The van der Waals surface area contributed by atoms with E-state index >= 15 is 0 Å². The highest BCUT2D eigenvalue weighted by Gasteiger charge is 2.15. The Labute approximate surface area is 170 Å². The first-order chi connectivity index (χ1) is 14.0. The van der Waals surface area contributed by atoms with E-state index in [1.807, 2.05) is 0 Å². The van der Waals surface area contributed by atoms with Gasteiger partial charge in [-0.15, -0.1) is 0 Å². The van der Waals surface area contributed by atoms with Crippen LogP contribution in [0.2, 0.25) is 5.02 Å². The SMILES string of the molecule is COc1cc(CCNC(=O)c2cn[nH]c2-c2ccc(Cl)cc2)ccc1OC(F)F. The molecule has 152 valence electrons. The molecule has 0 saturated carbocycles. The summed E-state index contributed by atoms with van der Waals surface area (Å²) in [6.07, 6.45) is 1.93. The maximum Gasteiger partial charge on any atom is 0.387 e. The fourth-order valence-electron chi connectivity index (χ4n) is 2.77. The molecule has 0 fully saturated rings. The maximum atomic E-state index is 12.5. The molecular weight excluding hydrogens is 404 g/mol. The molecule has 0 aliphatic heterocycles. The molecule has 1 heterocycles. The molecule has 0 radical (unpaired) electrons. The van der Waals surface area contributed by atoms with E-state index in [2.05, 4.69) is 20.3 Å². The smallest absolute Gasteiger partial charge is 0.387 e. The third kappa shape index (κ3) is 5.23. The third-order valence-electron chi connectivity index (χ3n) is 4.16. The lowest BCUT2D eigenvalue weighted by molar-refractivity contribution is -0.0512. The summed E-state index contributed by atoms with van der Waals surface area (Å²) in [5.41, 5.74) is 2.59. The van der Waals surface area contributed by atoms with Gasteiger partial charge in [0.25, 0.3) is 5.91 Å². The number of aromatic amines is 1. The number of carbonyl (C=O) groups is 1. The molecule has 9 heteroatoms. The Kier molecular flexibility index (Phi) is 6.66. The molecule has 1 amide bonds. The van der Waals surface area contributed by atoms with E-state index in [1.165, 1.54) is 19.4 Å². The van der Waals surface area contributed by atoms with Crippen molar-refractivity contribution in [3.8, 4) is 22.8 Å². The third-order valence-corrected chi connectivity index (χ3v) is 4.41. The van der Waals surface area contributed by atoms with Crippen molar-refractivity contribution >= 4 is 17.5 Å². The highest BCUT2D eigenvalue weighted by molar-refractivity contribution is 6.30. The summed E-state index contributed by atoms with van der Waals surface area (Å²) < 4.78 is 34.3. The molecule has 0 unspecified atom stereocenters. The van der Waals surface area contributed by atoms with Crippen molar-refractivity contribution in [2.45, 2.75) is 13.0 Å². The molecule has 0 spiro atoms. The van der Waals surface area contributed by atoms with Gasteiger partial charge in [0.15, 0.2) is 11.5 Å². The Morgan fingerprint density at radius 1 is 1.21 bits per heavy atom. The number of carbonyl (C=O) groups excluding carboxylic acids is 1. The van der Waals surface area contributed by atoms with Gasteiger partial charge in [0.05, 0.1) is 24.6 Å². The lowest BCUT2D eigenvalue weighted by Crippen LogP contribution is -2.25. The van der Waals surface area contributed by atoms with Crippen molar-refractivity contribution in [2.24, 2.45) is 0 Å². The van der Waals surface area contributed by atoms with Crippen molar-refractivity contribution in [1.29, 1.82) is 0 Å². The second kappa shape index (κ2) is 9.38. The van der Waals surface area contributed by atoms with Gasteiger partial charge in [-0.1, -0.05) is 29.8 Å². The summed E-state index contributed by atoms with van der Waals surface area (Å²) in [7, 11) is 1.37. The first kappa shape index (κ1) is 20.6. The van der Waals surface area contributed by atoms with Gasteiger partial charge in [0, 0.05) is 17.1 Å². The lowest BCUT2D eigenvalue weighted by Gasteiger charge is -2.12. The fourth-order valence-corrected chi connectivity index (χ4v) is 2.90. The molecule has 3 aromatic rings. The van der Waals surface area contributed by atoms with Crippen LogP contribution >= 0.6 is 11.6 Å². The number of aromatic nitrogens is 2. The zero-order valence-corrected chi connectivity index (χ0v) is 16.2. The maximum absolute atomic E-state index is 12.5. The van der Waals surface area contributed by atoms with E-state index in [0.717, 1.165) is 11.1 Å². The van der Waals surface area contributed by atoms with E-state index in [1.54, 1.807) is 36.4 Å². The monoisotopic (exact) mass is 421 g/mol. The van der Waals surface area contributed by atoms with Crippen molar-refractivity contribution in [3.05, 3.63) is 64.8 Å². The van der Waals surface area contributed by atoms with Gasteiger partial charge in [0.1, 0.15) is 0 Å². The van der Waals surface area contributed by atoms with Crippen LogP contribution in [-0.2, 0) is 6.42 Å². The summed E-state index contributed by atoms with van der Waals surface area (Å²) in [4.78, 5) is 12.5. The van der Waals surface area contributed by atoms with Crippen molar-refractivity contribution in [1.82, 2.24) is 15.5 Å². The van der Waals surface area contributed by atoms with Crippen molar-refractivity contribution < 1.29 is 23.0 Å². The van der Waals surface area contributed by atoms with Gasteiger partial charge in [-0.25, -0.2) is 0 Å². The number of hydrogen-bond donors (Lipinski definition) is 2. The molecule has 2 aromatic carbocycles. The van der Waals surface area contributed by atoms with Crippen LogP contribution < -0.4 is 14.8 Å². The zero-order valence-electron chi connectivity index (χ0n) is 15.4. The summed E-state index contributed by atoms with van der Waals surface area (Å²) in [6, 6.07) is 11.7. The summed E-state index contributed by atoms with van der Waals surface area (Å²) >= 11 is 5.90. The predicted molar refractivity (Wildman–Crippen MR) is 105 cm³/mol. The highest BCUT2D eigenvalue weighted by atomic mass is 35.5. The topological polar surface area (TPSA) is 76.2 Å². The number of ether oxygens (including phenoxy) is 2. The molecule has 3 rings (SSSR count). The highest BCUT2D eigenvalue weighted by Crippen LogP contribution is 2.29. The summed E-state index contributed by atoms with van der Waals surface area (Å²) in [5.74, 6) is -0.122. The molecular formula is C20H18ClF2N3O3. The van der Waals surface area contributed by atoms with Gasteiger partial charge in [-0.2, -0.15) is 13.9 Å². The average Bonchev–Trinajstić information content (AvgIpc) is 3.19. The fraction of sp³-hybridized carbons (Fsp3) is 0.200. The Balaban J connectivity index is 1.62. The number of amides is 1. The Morgan fingerprint density at radius 2 is 1.97 bits per heavy atom. The van der Waals surface area contributed by atoms with E-state index in [0.29, 0.717) is 29.2 Å². The second-order valence-electron chi connectivity index (χ2n) is 6.04. The van der Waals surface area contributed by atoms with E-state index in [4.69, 9.17) is 16.3 Å². The van der Waals surface area contributed by atoms with Gasteiger partial charge in [-0.3, -0.25) is 9.89 Å². The number of rotatable bonds is 8. The molecule has 0 atom stereocenters. The van der Waals surface area contributed by atoms with Crippen LogP contribution in [0.15, 0.2) is 48.7 Å². The van der Waals surface area contributed by atoms with Crippen LogP contribution in [0.3, 0.4) is 0 Å². The van der Waals surface area contributed by atoms with Crippen molar-refractivity contribution in [2.75, 3.05) is 13.7 Å². The van der Waals surface area contributed by atoms with E-state index in [-0.39, 0.29) is 17.4 Å². The molecule has 0 aliphatic carbocycles. The van der Waals surface area contributed by atoms with Crippen LogP contribution in [0, 0.1) is 0 Å². The van der Waals surface area contributed by atoms with Crippen LogP contribution in [0.1, 0.15) is 15.9 Å². The molecule has 2 N–H and O–H groups in total. The molecule has 0 saturated heterocycles. The molecule has 0 aliphatic rings. The van der Waals surface area contributed by atoms with Crippen LogP contribution in [0.25, 0.3) is 11.3 Å². The minimum absolute atomic E-state index is 0.0405. The average molecular weight is 422 g/mol. The number of nitrogens with zero attached hydrogens (tertiary/aromatic N) is 1. The zero-order chi connectivity index (χ0) is 20.8. The summed E-state index contributed by atoms with van der Waals surface area (Å²) in [5, 5.41) is 10.2. The number of alkyl halides is 2. The number of nitrogens with one attached hydrogen (secondary N) is 2. The van der Waals surface area contributed by atoms with Gasteiger partial charge < -0.3 is 14.8 Å². The molecule has 1 aromatic heterocycles. The van der Waals surface area contributed by atoms with Gasteiger partial charge in [-0.05, 0) is 36.2 Å². The molecule has 29 heavy (non-hydrogen) atoms. The number of methoxy groups -OCH3 is 1. The number of hydrogen-bond acceptors (Lipinski definition) is 4. The van der Waals surface area contributed by atoms with Crippen LogP contribution in [0.5, 0.6) is 11.5 Å². The quantitative estimate of drug-likeness (QED) is 0.568. The molecule has 6 nitrogen and oxygen atoms in total. The summed E-state index contributed by atoms with van der Waals surface area (Å²) in [6.45, 7) is -2.60. The standard InChI is InChI=1S/C20H18ClF2N3O3/c1-28-17-10-12(2-7-16(17)29-20(22)23)8-9-24-19(27)15-11-25-26-18(15)13-3-5-14(21)6-4-13/h2-7,10-11,20H,8-9H2,1H3,(H,24,27)(H,25,26). The van der Waals surface area contributed by atoms with Gasteiger partial charge in [0.2, 0.25) is 0 Å². The molecule has 0 bridgehead atoms. The lowest BCUT2D eigenvalue weighted by atomic mass is 10.1.